The highest BCUT2D eigenvalue weighted by atomic mass is 16.5. The molecular formula is C11H16N6O. The maximum atomic E-state index is 5.27. The minimum atomic E-state index is 0.528. The Labute approximate surface area is 105 Å². The molecule has 2 aromatic rings. The highest BCUT2D eigenvalue weighted by Gasteiger charge is 2.16. The van der Waals surface area contributed by atoms with Gasteiger partial charge in [0, 0.05) is 39.4 Å². The van der Waals surface area contributed by atoms with E-state index in [0.29, 0.717) is 5.89 Å². The van der Waals surface area contributed by atoms with Crippen molar-refractivity contribution in [1.29, 1.82) is 0 Å². The van der Waals surface area contributed by atoms with Crippen LogP contribution in [0.1, 0.15) is 5.82 Å². The van der Waals surface area contributed by atoms with Crippen molar-refractivity contribution in [1.82, 2.24) is 30.1 Å². The molecule has 1 aliphatic heterocycles. The topological polar surface area (TPSA) is 72.0 Å². The molecule has 0 amide bonds. The highest BCUT2D eigenvalue weighted by Crippen LogP contribution is 2.15. The SMILES string of the molecule is Cn1nccc1-c1nc(CN2CCNCC2)no1. The molecule has 1 aliphatic rings. The van der Waals surface area contributed by atoms with Gasteiger partial charge in [-0.1, -0.05) is 5.16 Å². The molecule has 7 heteroatoms. The Kier molecular flexibility index (Phi) is 3.07. The molecule has 0 aromatic carbocycles. The predicted molar refractivity (Wildman–Crippen MR) is 64.6 cm³/mol. The summed E-state index contributed by atoms with van der Waals surface area (Å²) >= 11 is 0. The van der Waals surface area contributed by atoms with Gasteiger partial charge < -0.3 is 9.84 Å². The summed E-state index contributed by atoms with van der Waals surface area (Å²) in [6.07, 6.45) is 1.72. The quantitative estimate of drug-likeness (QED) is 0.816. The zero-order valence-corrected chi connectivity index (χ0v) is 10.3. The second-order valence-corrected chi connectivity index (χ2v) is 4.38. The van der Waals surface area contributed by atoms with E-state index in [9.17, 15) is 0 Å². The Balaban J connectivity index is 1.71. The fourth-order valence-electron chi connectivity index (χ4n) is 2.08. The van der Waals surface area contributed by atoms with Crippen molar-refractivity contribution in [2.75, 3.05) is 26.2 Å². The zero-order valence-electron chi connectivity index (χ0n) is 10.3. The zero-order chi connectivity index (χ0) is 12.4. The van der Waals surface area contributed by atoms with Gasteiger partial charge in [0.2, 0.25) is 0 Å². The van der Waals surface area contributed by atoms with Crippen molar-refractivity contribution < 1.29 is 4.52 Å². The molecule has 1 saturated heterocycles. The van der Waals surface area contributed by atoms with Crippen molar-refractivity contribution >= 4 is 0 Å². The molecule has 3 rings (SSSR count). The molecule has 1 fully saturated rings. The molecule has 0 radical (unpaired) electrons. The largest absolute Gasteiger partial charge is 0.332 e. The van der Waals surface area contributed by atoms with E-state index in [1.165, 1.54) is 0 Å². The van der Waals surface area contributed by atoms with E-state index >= 15 is 0 Å². The van der Waals surface area contributed by atoms with E-state index in [0.717, 1.165) is 44.2 Å². The molecule has 0 saturated carbocycles. The number of aryl methyl sites for hydroxylation is 1. The van der Waals surface area contributed by atoms with Gasteiger partial charge in [-0.15, -0.1) is 0 Å². The van der Waals surface area contributed by atoms with E-state index in [1.807, 2.05) is 13.1 Å². The van der Waals surface area contributed by atoms with E-state index in [-0.39, 0.29) is 0 Å². The minimum Gasteiger partial charge on any atom is -0.332 e. The van der Waals surface area contributed by atoms with Crippen LogP contribution >= 0.6 is 0 Å². The monoisotopic (exact) mass is 248 g/mol. The molecule has 1 N–H and O–H groups in total. The number of nitrogens with zero attached hydrogens (tertiary/aromatic N) is 5. The molecular weight excluding hydrogens is 232 g/mol. The number of aromatic nitrogens is 4. The molecule has 0 unspecified atom stereocenters. The van der Waals surface area contributed by atoms with Gasteiger partial charge in [0.15, 0.2) is 5.82 Å². The summed E-state index contributed by atoms with van der Waals surface area (Å²) in [6.45, 7) is 4.83. The van der Waals surface area contributed by atoms with Gasteiger partial charge >= 0.3 is 0 Å². The van der Waals surface area contributed by atoms with Gasteiger partial charge in [0.05, 0.1) is 6.54 Å². The van der Waals surface area contributed by atoms with Crippen LogP contribution in [0.15, 0.2) is 16.8 Å². The lowest BCUT2D eigenvalue weighted by Gasteiger charge is -2.25. The number of hydrogen-bond donors (Lipinski definition) is 1. The third-order valence-electron chi connectivity index (χ3n) is 3.08. The van der Waals surface area contributed by atoms with E-state index < -0.39 is 0 Å². The van der Waals surface area contributed by atoms with Crippen LogP contribution in [-0.2, 0) is 13.6 Å². The molecule has 7 nitrogen and oxygen atoms in total. The van der Waals surface area contributed by atoms with Crippen molar-refractivity contribution in [2.45, 2.75) is 6.54 Å². The van der Waals surface area contributed by atoms with Crippen LogP contribution in [0, 0.1) is 0 Å². The smallest absolute Gasteiger partial charge is 0.276 e. The van der Waals surface area contributed by atoms with Gasteiger partial charge in [0.25, 0.3) is 5.89 Å². The maximum Gasteiger partial charge on any atom is 0.276 e. The lowest BCUT2D eigenvalue weighted by atomic mass is 10.3. The van der Waals surface area contributed by atoms with Crippen LogP contribution < -0.4 is 5.32 Å². The Morgan fingerprint density at radius 1 is 1.39 bits per heavy atom. The average molecular weight is 248 g/mol. The van der Waals surface area contributed by atoms with Crippen LogP contribution in [0.5, 0.6) is 0 Å². The van der Waals surface area contributed by atoms with E-state index in [4.69, 9.17) is 4.52 Å². The Morgan fingerprint density at radius 3 is 2.94 bits per heavy atom. The number of hydrogen-bond acceptors (Lipinski definition) is 6. The summed E-state index contributed by atoms with van der Waals surface area (Å²) in [4.78, 5) is 6.72. The fourth-order valence-corrected chi connectivity index (χ4v) is 2.08. The Hall–Kier alpha value is -1.73. The van der Waals surface area contributed by atoms with Gasteiger partial charge in [-0.2, -0.15) is 10.1 Å². The van der Waals surface area contributed by atoms with Crippen LogP contribution in [-0.4, -0.2) is 51.0 Å². The van der Waals surface area contributed by atoms with Crippen molar-refractivity contribution in [3.8, 4) is 11.6 Å². The Bertz CT molecular complexity index is 513. The van der Waals surface area contributed by atoms with Crippen LogP contribution in [0.3, 0.4) is 0 Å². The van der Waals surface area contributed by atoms with Gasteiger partial charge in [-0.3, -0.25) is 9.58 Å². The summed E-state index contributed by atoms with van der Waals surface area (Å²) in [5.74, 6) is 1.26. The lowest BCUT2D eigenvalue weighted by Crippen LogP contribution is -2.43. The van der Waals surface area contributed by atoms with Crippen molar-refractivity contribution in [3.05, 3.63) is 18.1 Å². The second kappa shape index (κ2) is 4.87. The fraction of sp³-hybridized carbons (Fsp3) is 0.545. The molecule has 0 aliphatic carbocycles. The summed E-state index contributed by atoms with van der Waals surface area (Å²) in [5.41, 5.74) is 0.842. The molecule has 0 spiro atoms. The normalized spacial score (nSPS) is 17.2. The first-order valence-corrected chi connectivity index (χ1v) is 6.07. The first kappa shape index (κ1) is 11.4. The Morgan fingerprint density at radius 2 is 2.22 bits per heavy atom. The van der Waals surface area contributed by atoms with E-state index in [2.05, 4.69) is 25.5 Å². The molecule has 3 heterocycles. The maximum absolute atomic E-state index is 5.27. The van der Waals surface area contributed by atoms with Crippen LogP contribution in [0.25, 0.3) is 11.6 Å². The third kappa shape index (κ3) is 2.27. The van der Waals surface area contributed by atoms with Crippen LogP contribution in [0.2, 0.25) is 0 Å². The first-order valence-electron chi connectivity index (χ1n) is 6.07. The lowest BCUT2D eigenvalue weighted by molar-refractivity contribution is 0.225. The molecule has 0 atom stereocenters. The number of piperazine rings is 1. The number of nitrogens with one attached hydrogen (secondary N) is 1. The average Bonchev–Trinajstić information content (AvgIpc) is 2.99. The molecule has 96 valence electrons. The van der Waals surface area contributed by atoms with E-state index in [1.54, 1.807) is 10.9 Å². The molecule has 2 aromatic heterocycles. The highest BCUT2D eigenvalue weighted by molar-refractivity contribution is 5.45. The summed E-state index contributed by atoms with van der Waals surface area (Å²) < 4.78 is 6.99. The molecule has 18 heavy (non-hydrogen) atoms. The predicted octanol–water partition coefficient (Wildman–Crippen LogP) is -0.125. The second-order valence-electron chi connectivity index (χ2n) is 4.38. The summed E-state index contributed by atoms with van der Waals surface area (Å²) in [7, 11) is 1.86. The first-order chi connectivity index (χ1) is 8.83. The summed E-state index contributed by atoms with van der Waals surface area (Å²) in [6, 6.07) is 1.86. The van der Waals surface area contributed by atoms with Gasteiger partial charge in [-0.25, -0.2) is 0 Å². The van der Waals surface area contributed by atoms with Gasteiger partial charge in [0.1, 0.15) is 5.69 Å². The third-order valence-corrected chi connectivity index (χ3v) is 3.08. The van der Waals surface area contributed by atoms with Crippen molar-refractivity contribution in [2.24, 2.45) is 7.05 Å². The molecule has 0 bridgehead atoms. The number of rotatable bonds is 3. The van der Waals surface area contributed by atoms with Crippen molar-refractivity contribution in [3.63, 3.8) is 0 Å². The minimum absolute atomic E-state index is 0.528. The summed E-state index contributed by atoms with van der Waals surface area (Å²) in [5, 5.41) is 11.4. The van der Waals surface area contributed by atoms with Crippen LogP contribution in [0.4, 0.5) is 0 Å². The standard InChI is InChI=1S/C11H16N6O/c1-16-9(2-3-13-16)11-14-10(15-18-11)8-17-6-4-12-5-7-17/h2-3,12H,4-8H2,1H3. The van der Waals surface area contributed by atoms with Gasteiger partial charge in [-0.05, 0) is 6.07 Å².